The Morgan fingerprint density at radius 1 is 0.750 bits per heavy atom. The number of rotatable bonds is 15. The molecule has 6 aromatic rings. The minimum atomic E-state index is -0.679. The average molecular weight is 761 g/mol. The Hall–Kier alpha value is -7.19. The highest BCUT2D eigenvalue weighted by molar-refractivity contribution is 6.05. The van der Waals surface area contributed by atoms with Crippen LogP contribution < -0.4 is 26.8 Å². The molecule has 0 radical (unpaired) electrons. The minimum absolute atomic E-state index is 0.150. The number of primary amides is 2. The molecule has 1 fully saturated rings. The number of carbonyl (C=O) groups excluding carboxylic acids is 4. The van der Waals surface area contributed by atoms with Crippen molar-refractivity contribution in [2.75, 3.05) is 50.1 Å². The van der Waals surface area contributed by atoms with Crippen LogP contribution in [0.2, 0.25) is 0 Å². The van der Waals surface area contributed by atoms with E-state index in [-0.39, 0.29) is 47.2 Å². The van der Waals surface area contributed by atoms with E-state index >= 15 is 0 Å². The van der Waals surface area contributed by atoms with Crippen molar-refractivity contribution in [2.45, 2.75) is 19.5 Å². The van der Waals surface area contributed by atoms with E-state index in [1.54, 1.807) is 27.3 Å². The van der Waals surface area contributed by atoms with Gasteiger partial charge in [0.1, 0.15) is 16.8 Å². The summed E-state index contributed by atoms with van der Waals surface area (Å²) in [5.41, 5.74) is 13.6. The molecule has 6 N–H and O–H groups in total. The zero-order valence-corrected chi connectivity index (χ0v) is 29.9. The quantitative estimate of drug-likeness (QED) is 0.0852. The number of fused-ring (bicyclic) bond motifs is 2. The van der Waals surface area contributed by atoms with Crippen LogP contribution in [0, 0.1) is 0 Å². The smallest absolute Gasteiger partial charge is 0.259 e. The van der Waals surface area contributed by atoms with Crippen molar-refractivity contribution in [3.05, 3.63) is 95.7 Å². The molecule has 1 aromatic carbocycles. The van der Waals surface area contributed by atoms with Crippen LogP contribution in [0.3, 0.4) is 0 Å². The summed E-state index contributed by atoms with van der Waals surface area (Å²) in [5, 5.41) is 20.6. The van der Waals surface area contributed by atoms with Crippen LogP contribution in [0.4, 0.5) is 11.9 Å². The summed E-state index contributed by atoms with van der Waals surface area (Å²) < 4.78 is 15.1. The number of anilines is 2. The van der Waals surface area contributed by atoms with Crippen molar-refractivity contribution in [2.24, 2.45) is 11.5 Å². The molecule has 286 valence electrons. The predicted molar refractivity (Wildman–Crippen MR) is 201 cm³/mol. The molecule has 5 aromatic heterocycles. The maximum absolute atomic E-state index is 13.3. The number of ether oxygens (including phenoxy) is 2. The summed E-state index contributed by atoms with van der Waals surface area (Å²) >= 11 is 0. The summed E-state index contributed by atoms with van der Waals surface area (Å²) in [7, 11) is 0. The monoisotopic (exact) mass is 760 g/mol. The Bertz CT molecular complexity index is 2430. The van der Waals surface area contributed by atoms with Gasteiger partial charge < -0.3 is 25.5 Å². The number of benzene rings is 1. The van der Waals surface area contributed by atoms with Crippen LogP contribution in [0.15, 0.2) is 73.5 Å². The number of morpholine rings is 1. The number of pyridine rings is 1. The molecule has 20 nitrogen and oxygen atoms in total. The van der Waals surface area contributed by atoms with Crippen LogP contribution in [0.5, 0.6) is 5.75 Å². The largest absolute Gasteiger partial charge is 0.491 e. The number of hydrogen-bond acceptors (Lipinski definition) is 14. The maximum atomic E-state index is 13.3. The third-order valence-corrected chi connectivity index (χ3v) is 8.83. The number of nitrogens with zero attached hydrogens (tertiary/aromatic N) is 10. The average Bonchev–Trinajstić information content (AvgIpc) is 3.74. The maximum Gasteiger partial charge on any atom is 0.259 e. The van der Waals surface area contributed by atoms with Crippen molar-refractivity contribution in [3.8, 4) is 5.75 Å². The molecular formula is C36H36N14O6. The van der Waals surface area contributed by atoms with E-state index in [0.717, 1.165) is 19.6 Å². The van der Waals surface area contributed by atoms with Gasteiger partial charge in [-0.15, -0.1) is 0 Å². The highest BCUT2D eigenvalue weighted by atomic mass is 16.5. The minimum Gasteiger partial charge on any atom is -0.491 e. The van der Waals surface area contributed by atoms with Gasteiger partial charge in [-0.1, -0.05) is 12.2 Å². The second-order valence-corrected chi connectivity index (χ2v) is 12.5. The lowest BCUT2D eigenvalue weighted by Crippen LogP contribution is -2.37. The van der Waals surface area contributed by atoms with Crippen LogP contribution >= 0.6 is 0 Å². The van der Waals surface area contributed by atoms with Crippen LogP contribution in [-0.2, 0) is 17.8 Å². The second-order valence-electron chi connectivity index (χ2n) is 12.5. The Labute approximate surface area is 317 Å². The van der Waals surface area contributed by atoms with Gasteiger partial charge in [-0.3, -0.25) is 39.3 Å². The molecule has 4 amide bonds. The molecule has 6 heterocycles. The van der Waals surface area contributed by atoms with E-state index < -0.39 is 23.6 Å². The third kappa shape index (κ3) is 8.45. The Kier molecular flexibility index (Phi) is 11.2. The third-order valence-electron chi connectivity index (χ3n) is 8.83. The molecule has 0 atom stereocenters. The lowest BCUT2D eigenvalue weighted by Gasteiger charge is -2.26. The Morgan fingerprint density at radius 3 is 1.98 bits per heavy atom. The number of carbonyl (C=O) groups is 4. The molecular weight excluding hydrogens is 724 g/mol. The summed E-state index contributed by atoms with van der Waals surface area (Å²) in [6.45, 7) is 4.51. The van der Waals surface area contributed by atoms with Crippen LogP contribution in [-0.4, -0.2) is 112 Å². The fourth-order valence-electron chi connectivity index (χ4n) is 6.02. The van der Waals surface area contributed by atoms with Crippen molar-refractivity contribution < 1.29 is 28.7 Å². The van der Waals surface area contributed by atoms with Gasteiger partial charge in [-0.2, -0.15) is 20.4 Å². The van der Waals surface area contributed by atoms with E-state index in [1.807, 2.05) is 6.08 Å². The first-order chi connectivity index (χ1) is 27.2. The van der Waals surface area contributed by atoms with Gasteiger partial charge in [0, 0.05) is 44.5 Å². The number of nitrogens with two attached hydrogens (primary N) is 2. The predicted octanol–water partition coefficient (Wildman–Crippen LogP) is 1.42. The summed E-state index contributed by atoms with van der Waals surface area (Å²) in [6, 6.07) is 7.61. The standard InChI is InChI=1S/C36H36N14O6/c37-30(51)24-16-26-29(28(18-24)56-13-3-8-48-11-14-55-15-12-48)49(35(44-26)46-33(53)22-4-6-40-42-20-22)9-1-2-10-50-32-27(17-25(19-39-32)31(38)52)45-36(50)47-34(54)23-5-7-41-43-21-23/h1-2,4-7,16-21H,3,8-15H2,(H2,37,51)(H2,38,52)(H,44,46,53)(H,45,47,54). The molecule has 1 saturated heterocycles. The second kappa shape index (κ2) is 16.9. The van der Waals surface area contributed by atoms with Crippen molar-refractivity contribution in [3.63, 3.8) is 0 Å². The SMILES string of the molecule is NC(=O)c1cnc2c(c1)nc(NC(=O)c1ccnnc1)n2CC=CCn1c(NC(=O)c2ccnnc2)nc2cc(C(N)=O)cc(OCCCN3CCOCC3)c21. The van der Waals surface area contributed by atoms with Gasteiger partial charge in [0.25, 0.3) is 11.8 Å². The van der Waals surface area contributed by atoms with Crippen LogP contribution in [0.1, 0.15) is 47.9 Å². The summed E-state index contributed by atoms with van der Waals surface area (Å²) in [4.78, 5) is 66.6. The number of imidazole rings is 2. The van der Waals surface area contributed by atoms with E-state index in [9.17, 15) is 19.2 Å². The van der Waals surface area contributed by atoms with E-state index in [0.29, 0.717) is 54.2 Å². The molecule has 0 spiro atoms. The van der Waals surface area contributed by atoms with E-state index in [4.69, 9.17) is 20.9 Å². The fraction of sp³-hybridized carbons (Fsp3) is 0.250. The van der Waals surface area contributed by atoms with Crippen molar-refractivity contribution in [1.82, 2.24) is 49.4 Å². The summed E-state index contributed by atoms with van der Waals surface area (Å²) in [6.07, 6.45) is 11.1. The number of aromatic nitrogens is 9. The lowest BCUT2D eigenvalue weighted by atomic mass is 10.1. The Morgan fingerprint density at radius 2 is 1.36 bits per heavy atom. The molecule has 0 saturated carbocycles. The first kappa shape index (κ1) is 37.1. The van der Waals surface area contributed by atoms with Gasteiger partial charge in [-0.25, -0.2) is 15.0 Å². The van der Waals surface area contributed by atoms with Crippen LogP contribution in [0.25, 0.3) is 22.2 Å². The van der Waals surface area contributed by atoms with Gasteiger partial charge in [0.2, 0.25) is 23.7 Å². The fourth-order valence-corrected chi connectivity index (χ4v) is 6.02. The molecule has 7 rings (SSSR count). The van der Waals surface area contributed by atoms with Gasteiger partial charge in [0.05, 0.1) is 66.8 Å². The molecule has 0 bridgehead atoms. The first-order valence-corrected chi connectivity index (χ1v) is 17.5. The zero-order valence-electron chi connectivity index (χ0n) is 29.9. The van der Waals surface area contributed by atoms with E-state index in [1.165, 1.54) is 49.2 Å². The number of amides is 4. The molecule has 0 aliphatic carbocycles. The van der Waals surface area contributed by atoms with Gasteiger partial charge in [-0.05, 0) is 36.8 Å². The first-order valence-electron chi connectivity index (χ1n) is 17.5. The lowest BCUT2D eigenvalue weighted by molar-refractivity contribution is 0.0358. The normalized spacial score (nSPS) is 13.3. The van der Waals surface area contributed by atoms with Gasteiger partial charge in [0.15, 0.2) is 5.65 Å². The molecule has 20 heteroatoms. The Balaban J connectivity index is 1.20. The number of nitrogens with one attached hydrogen (secondary N) is 2. The zero-order chi connectivity index (χ0) is 39.0. The van der Waals surface area contributed by atoms with E-state index in [2.05, 4.69) is 50.9 Å². The van der Waals surface area contributed by atoms with Crippen molar-refractivity contribution in [1.29, 1.82) is 0 Å². The summed E-state index contributed by atoms with van der Waals surface area (Å²) in [5.74, 6) is -1.65. The molecule has 1 aliphatic heterocycles. The van der Waals surface area contributed by atoms with Crippen molar-refractivity contribution >= 4 is 57.7 Å². The number of hydrogen-bond donors (Lipinski definition) is 4. The molecule has 1 aliphatic rings. The highest BCUT2D eigenvalue weighted by Gasteiger charge is 2.21. The van der Waals surface area contributed by atoms with Gasteiger partial charge >= 0.3 is 0 Å². The molecule has 56 heavy (non-hydrogen) atoms. The number of allylic oxidation sites excluding steroid dienone is 2. The topological polar surface area (TPSA) is 266 Å². The molecule has 0 unspecified atom stereocenters. The highest BCUT2D eigenvalue weighted by Crippen LogP contribution is 2.31.